The van der Waals surface area contributed by atoms with Crippen molar-refractivity contribution in [1.82, 2.24) is 14.5 Å². The Labute approximate surface area is 148 Å². The normalized spacial score (nSPS) is 11.2. The zero-order chi connectivity index (χ0) is 18.3. The lowest BCUT2D eigenvalue weighted by Crippen LogP contribution is -2.24. The Hall–Kier alpha value is -2.54. The molecule has 0 atom stereocenters. The van der Waals surface area contributed by atoms with Gasteiger partial charge in [0.1, 0.15) is 4.83 Å². The number of carbonyl (C=O) groups is 2. The molecule has 3 heterocycles. The Morgan fingerprint density at radius 2 is 2.04 bits per heavy atom. The number of rotatable bonds is 5. The van der Waals surface area contributed by atoms with Crippen LogP contribution < -0.4 is 5.56 Å². The average molecular weight is 357 g/mol. The van der Waals surface area contributed by atoms with Crippen LogP contribution in [-0.4, -0.2) is 26.1 Å². The van der Waals surface area contributed by atoms with Gasteiger partial charge in [0.2, 0.25) is 0 Å². The molecule has 7 heteroatoms. The van der Waals surface area contributed by atoms with Crippen LogP contribution in [0.4, 0.5) is 0 Å². The predicted octanol–water partition coefficient (Wildman–Crippen LogP) is 3.05. The van der Waals surface area contributed by atoms with E-state index in [1.54, 1.807) is 13.8 Å². The second-order valence-corrected chi connectivity index (χ2v) is 7.18. The van der Waals surface area contributed by atoms with Crippen LogP contribution in [0.3, 0.4) is 0 Å². The van der Waals surface area contributed by atoms with Crippen molar-refractivity contribution in [2.45, 2.75) is 40.7 Å². The van der Waals surface area contributed by atoms with E-state index < -0.39 is 0 Å². The fraction of sp³-hybridized carbons (Fsp3) is 0.333. The van der Waals surface area contributed by atoms with E-state index in [0.29, 0.717) is 32.7 Å². The lowest BCUT2D eigenvalue weighted by atomic mass is 10.1. The van der Waals surface area contributed by atoms with Gasteiger partial charge in [0.05, 0.1) is 24.0 Å². The largest absolute Gasteiger partial charge is 0.355 e. The van der Waals surface area contributed by atoms with E-state index in [-0.39, 0.29) is 23.7 Å². The Balaban J connectivity index is 1.98. The van der Waals surface area contributed by atoms with Gasteiger partial charge in [-0.3, -0.25) is 19.0 Å². The maximum atomic E-state index is 12.6. The summed E-state index contributed by atoms with van der Waals surface area (Å²) in [4.78, 5) is 46.0. The average Bonchev–Trinajstić information content (AvgIpc) is 3.11. The number of nitrogens with zero attached hydrogens (tertiary/aromatic N) is 2. The number of fused-ring (bicyclic) bond motifs is 1. The molecule has 0 unspecified atom stereocenters. The lowest BCUT2D eigenvalue weighted by Gasteiger charge is -2.04. The minimum Gasteiger partial charge on any atom is -0.355 e. The third-order valence-electron chi connectivity index (χ3n) is 4.30. The van der Waals surface area contributed by atoms with Gasteiger partial charge in [-0.05, 0) is 38.8 Å². The molecule has 1 N–H and O–H groups in total. The highest BCUT2D eigenvalue weighted by atomic mass is 32.1. The molecule has 0 radical (unpaired) electrons. The summed E-state index contributed by atoms with van der Waals surface area (Å²) in [7, 11) is 0. The minimum absolute atomic E-state index is 0.0871. The molecule has 3 rings (SSSR count). The Morgan fingerprint density at radius 3 is 2.64 bits per heavy atom. The molecule has 0 aliphatic rings. The molecule has 0 bridgehead atoms. The van der Waals surface area contributed by atoms with Crippen molar-refractivity contribution in [3.63, 3.8) is 0 Å². The highest BCUT2D eigenvalue weighted by Gasteiger charge is 2.20. The van der Waals surface area contributed by atoms with E-state index in [1.165, 1.54) is 29.2 Å². The monoisotopic (exact) mass is 357 g/mol. The number of aromatic nitrogens is 3. The van der Waals surface area contributed by atoms with Crippen LogP contribution in [0.25, 0.3) is 10.2 Å². The topological polar surface area (TPSA) is 84.8 Å². The minimum atomic E-state index is -0.248. The fourth-order valence-corrected chi connectivity index (χ4v) is 4.01. The van der Waals surface area contributed by atoms with Crippen LogP contribution in [0.2, 0.25) is 0 Å². The summed E-state index contributed by atoms with van der Waals surface area (Å²) in [5.74, 6) is -0.335. The number of H-pyrrole nitrogens is 1. The maximum absolute atomic E-state index is 12.6. The first-order valence-electron chi connectivity index (χ1n) is 8.04. The maximum Gasteiger partial charge on any atom is 0.262 e. The number of hydrogen-bond donors (Lipinski definition) is 1. The van der Waals surface area contributed by atoms with Gasteiger partial charge in [0.15, 0.2) is 11.6 Å². The number of aromatic amines is 1. The quantitative estimate of drug-likeness (QED) is 0.711. The SMILES string of the molecule is CCc1cc2c(=O)n(CC(=O)c3[nH]c(C)c(C(C)=O)c3C)cnc2s1. The number of aryl methyl sites for hydroxylation is 2. The first-order chi connectivity index (χ1) is 11.8. The highest BCUT2D eigenvalue weighted by molar-refractivity contribution is 7.18. The standard InChI is InChI=1S/C18H19N3O3S/c1-5-12-6-13-17(25-12)19-8-21(18(13)24)7-14(23)16-9(2)15(11(4)22)10(3)20-16/h6,8,20H,5,7H2,1-4H3. The predicted molar refractivity (Wildman–Crippen MR) is 97.9 cm³/mol. The number of Topliss-reactive ketones (excluding diaryl/α,β-unsaturated/α-hetero) is 2. The van der Waals surface area contributed by atoms with Crippen molar-refractivity contribution in [3.05, 3.63) is 50.1 Å². The van der Waals surface area contributed by atoms with E-state index in [9.17, 15) is 14.4 Å². The smallest absolute Gasteiger partial charge is 0.262 e. The summed E-state index contributed by atoms with van der Waals surface area (Å²) in [6.45, 7) is 6.89. The Bertz CT molecular complexity index is 1060. The van der Waals surface area contributed by atoms with Crippen LogP contribution in [-0.2, 0) is 13.0 Å². The zero-order valence-electron chi connectivity index (χ0n) is 14.6. The third-order valence-corrected chi connectivity index (χ3v) is 5.49. The van der Waals surface area contributed by atoms with Gasteiger partial charge < -0.3 is 4.98 Å². The first-order valence-corrected chi connectivity index (χ1v) is 8.86. The molecule has 0 saturated heterocycles. The summed E-state index contributed by atoms with van der Waals surface area (Å²) in [6, 6.07) is 1.84. The van der Waals surface area contributed by atoms with Crippen molar-refractivity contribution in [2.75, 3.05) is 0 Å². The van der Waals surface area contributed by atoms with Gasteiger partial charge in [-0.2, -0.15) is 0 Å². The summed E-state index contributed by atoms with van der Waals surface area (Å²) < 4.78 is 1.32. The fourth-order valence-electron chi connectivity index (χ4n) is 3.09. The van der Waals surface area contributed by atoms with Gasteiger partial charge in [-0.1, -0.05) is 6.92 Å². The number of nitrogens with one attached hydrogen (secondary N) is 1. The van der Waals surface area contributed by atoms with E-state index in [2.05, 4.69) is 9.97 Å². The molecule has 3 aromatic heterocycles. The van der Waals surface area contributed by atoms with Crippen molar-refractivity contribution >= 4 is 33.1 Å². The first kappa shape index (κ1) is 17.3. The summed E-state index contributed by atoms with van der Waals surface area (Å²) >= 11 is 1.49. The second-order valence-electron chi connectivity index (χ2n) is 6.07. The van der Waals surface area contributed by atoms with Crippen LogP contribution in [0.15, 0.2) is 17.2 Å². The van der Waals surface area contributed by atoms with Gasteiger partial charge in [0.25, 0.3) is 5.56 Å². The van der Waals surface area contributed by atoms with Crippen LogP contribution in [0, 0.1) is 13.8 Å². The van der Waals surface area contributed by atoms with Crippen LogP contribution in [0.5, 0.6) is 0 Å². The van der Waals surface area contributed by atoms with E-state index >= 15 is 0 Å². The molecule has 3 aromatic rings. The third kappa shape index (κ3) is 2.95. The van der Waals surface area contributed by atoms with Crippen molar-refractivity contribution in [3.8, 4) is 0 Å². The van der Waals surface area contributed by atoms with Crippen molar-refractivity contribution in [2.24, 2.45) is 0 Å². The van der Waals surface area contributed by atoms with Gasteiger partial charge in [-0.15, -0.1) is 11.3 Å². The van der Waals surface area contributed by atoms with E-state index in [4.69, 9.17) is 0 Å². The number of hydrogen-bond acceptors (Lipinski definition) is 5. The van der Waals surface area contributed by atoms with E-state index in [1.807, 2.05) is 13.0 Å². The lowest BCUT2D eigenvalue weighted by molar-refractivity contribution is 0.0965. The van der Waals surface area contributed by atoms with Crippen LogP contribution >= 0.6 is 11.3 Å². The summed E-state index contributed by atoms with van der Waals surface area (Å²) in [5.41, 5.74) is 1.98. The Morgan fingerprint density at radius 1 is 1.32 bits per heavy atom. The Kier molecular flexibility index (Phi) is 4.43. The molecule has 130 valence electrons. The molecule has 25 heavy (non-hydrogen) atoms. The molecular formula is C18H19N3O3S. The number of carbonyl (C=O) groups excluding carboxylic acids is 2. The van der Waals surface area contributed by atoms with E-state index in [0.717, 1.165) is 11.3 Å². The molecule has 0 saturated carbocycles. The van der Waals surface area contributed by atoms with Crippen LogP contribution in [0.1, 0.15) is 50.8 Å². The molecule has 0 amide bonds. The van der Waals surface area contributed by atoms with Crippen molar-refractivity contribution in [1.29, 1.82) is 0 Å². The molecule has 0 aliphatic carbocycles. The van der Waals surface area contributed by atoms with Gasteiger partial charge in [0, 0.05) is 16.1 Å². The highest BCUT2D eigenvalue weighted by Crippen LogP contribution is 2.22. The molecular weight excluding hydrogens is 338 g/mol. The molecule has 0 spiro atoms. The second kappa shape index (κ2) is 6.40. The molecule has 0 aromatic carbocycles. The molecule has 0 fully saturated rings. The van der Waals surface area contributed by atoms with Gasteiger partial charge >= 0.3 is 0 Å². The molecule has 6 nitrogen and oxygen atoms in total. The molecule has 0 aliphatic heterocycles. The van der Waals surface area contributed by atoms with Gasteiger partial charge in [-0.25, -0.2) is 4.98 Å². The zero-order valence-corrected chi connectivity index (χ0v) is 15.4. The summed E-state index contributed by atoms with van der Waals surface area (Å²) in [6.07, 6.45) is 2.25. The summed E-state index contributed by atoms with van der Waals surface area (Å²) in [5, 5.41) is 0.543. The number of ketones is 2. The van der Waals surface area contributed by atoms with Crippen molar-refractivity contribution < 1.29 is 9.59 Å². The number of thiophene rings is 1.